The smallest absolute Gasteiger partial charge is 0.223 e. The number of pyridine rings is 1. The Kier molecular flexibility index (Phi) is 4.20. The summed E-state index contributed by atoms with van der Waals surface area (Å²) >= 11 is 0. The molecule has 0 radical (unpaired) electrons. The molecule has 0 spiro atoms. The molecule has 4 rings (SSSR count). The molecule has 7 heteroatoms. The number of halogens is 1. The van der Waals surface area contributed by atoms with Gasteiger partial charge >= 0.3 is 0 Å². The Balaban J connectivity index is 1.60. The van der Waals surface area contributed by atoms with Crippen molar-refractivity contribution in [2.45, 2.75) is 12.5 Å². The molecule has 0 unspecified atom stereocenters. The highest BCUT2D eigenvalue weighted by atomic mass is 19.1. The summed E-state index contributed by atoms with van der Waals surface area (Å²) < 4.78 is 14.2. The fourth-order valence-electron chi connectivity index (χ4n) is 3.61. The molecule has 132 valence electrons. The fraction of sp³-hybridized carbons (Fsp3) is 0.263. The molecule has 0 bridgehead atoms. The number of aromatic nitrogens is 3. The lowest BCUT2D eigenvalue weighted by atomic mass is 9.94. The SMILES string of the molecule is CN1C(=O)C[C@@H](CNc2ncnc3cccc(F)c23)[C@@H]1c1cccnc1. The zero-order chi connectivity index (χ0) is 18.1. The van der Waals surface area contributed by atoms with Gasteiger partial charge in [0.1, 0.15) is 18.0 Å². The standard InChI is InChI=1S/C19H18FN5O/c1-25-16(26)8-13(18(25)12-4-3-7-21-9-12)10-22-19-17-14(20)5-2-6-15(17)23-11-24-19/h2-7,9,11,13,18H,8,10H2,1H3,(H,22,23,24)/t13-,18-/m0/s1. The van der Waals surface area contributed by atoms with Crippen molar-refractivity contribution in [3.8, 4) is 0 Å². The van der Waals surface area contributed by atoms with Crippen LogP contribution >= 0.6 is 0 Å². The Hall–Kier alpha value is -3.09. The zero-order valence-corrected chi connectivity index (χ0v) is 14.3. The second-order valence-corrected chi connectivity index (χ2v) is 6.44. The van der Waals surface area contributed by atoms with Crippen LogP contribution in [0.1, 0.15) is 18.0 Å². The number of hydrogen-bond donors (Lipinski definition) is 1. The number of nitrogens with zero attached hydrogens (tertiary/aromatic N) is 4. The molecular formula is C19H18FN5O. The molecule has 1 fully saturated rings. The van der Waals surface area contributed by atoms with Crippen molar-refractivity contribution in [2.24, 2.45) is 5.92 Å². The highest BCUT2D eigenvalue weighted by molar-refractivity contribution is 5.89. The zero-order valence-electron chi connectivity index (χ0n) is 14.3. The topological polar surface area (TPSA) is 71.0 Å². The third kappa shape index (κ3) is 2.85. The molecule has 1 amide bonds. The minimum atomic E-state index is -0.367. The highest BCUT2D eigenvalue weighted by Gasteiger charge is 2.38. The largest absolute Gasteiger partial charge is 0.369 e. The highest BCUT2D eigenvalue weighted by Crippen LogP contribution is 2.37. The molecule has 0 saturated carbocycles. The van der Waals surface area contributed by atoms with Crippen molar-refractivity contribution >= 4 is 22.6 Å². The maximum atomic E-state index is 14.2. The molecule has 2 atom stereocenters. The Morgan fingerprint density at radius 1 is 1.27 bits per heavy atom. The minimum absolute atomic E-state index is 0.0356. The first kappa shape index (κ1) is 16.4. The van der Waals surface area contributed by atoms with E-state index in [0.717, 1.165) is 5.56 Å². The Morgan fingerprint density at radius 2 is 2.15 bits per heavy atom. The van der Waals surface area contributed by atoms with Crippen LogP contribution in [0.15, 0.2) is 49.1 Å². The van der Waals surface area contributed by atoms with Gasteiger partial charge in [0, 0.05) is 38.3 Å². The molecule has 3 heterocycles. The van der Waals surface area contributed by atoms with Gasteiger partial charge in [-0.2, -0.15) is 0 Å². The van der Waals surface area contributed by atoms with Gasteiger partial charge in [0.05, 0.1) is 16.9 Å². The molecule has 6 nitrogen and oxygen atoms in total. The third-order valence-electron chi connectivity index (χ3n) is 4.86. The van der Waals surface area contributed by atoms with Gasteiger partial charge in [-0.15, -0.1) is 0 Å². The lowest BCUT2D eigenvalue weighted by Crippen LogP contribution is -2.26. The predicted octanol–water partition coefficient (Wildman–Crippen LogP) is 2.80. The second kappa shape index (κ2) is 6.67. The number of likely N-dealkylation sites (tertiary alicyclic amines) is 1. The van der Waals surface area contributed by atoms with E-state index in [1.807, 2.05) is 12.1 Å². The summed E-state index contributed by atoms with van der Waals surface area (Å²) in [6, 6.07) is 8.53. The predicted molar refractivity (Wildman–Crippen MR) is 95.8 cm³/mol. The van der Waals surface area contributed by atoms with Gasteiger partial charge in [0.2, 0.25) is 5.91 Å². The molecule has 3 aromatic rings. The maximum Gasteiger partial charge on any atom is 0.223 e. The Bertz CT molecular complexity index is 944. The number of benzene rings is 1. The molecule has 26 heavy (non-hydrogen) atoms. The summed E-state index contributed by atoms with van der Waals surface area (Å²) in [7, 11) is 1.81. The number of anilines is 1. The number of hydrogen-bond acceptors (Lipinski definition) is 5. The second-order valence-electron chi connectivity index (χ2n) is 6.44. The summed E-state index contributed by atoms with van der Waals surface area (Å²) in [5.74, 6) is 0.201. The molecule has 1 aliphatic rings. The van der Waals surface area contributed by atoms with Crippen molar-refractivity contribution in [2.75, 3.05) is 18.9 Å². The number of fused-ring (bicyclic) bond motifs is 1. The van der Waals surface area contributed by atoms with Crippen molar-refractivity contribution in [3.63, 3.8) is 0 Å². The molecule has 0 aliphatic carbocycles. The van der Waals surface area contributed by atoms with Gasteiger partial charge in [0.25, 0.3) is 0 Å². The van der Waals surface area contributed by atoms with E-state index >= 15 is 0 Å². The van der Waals surface area contributed by atoms with Crippen LogP contribution in [0.3, 0.4) is 0 Å². The molecular weight excluding hydrogens is 333 g/mol. The normalized spacial score (nSPS) is 19.9. The van der Waals surface area contributed by atoms with Crippen LogP contribution in [-0.4, -0.2) is 39.4 Å². The van der Waals surface area contributed by atoms with E-state index < -0.39 is 0 Å². The van der Waals surface area contributed by atoms with E-state index in [2.05, 4.69) is 20.3 Å². The maximum absolute atomic E-state index is 14.2. The van der Waals surface area contributed by atoms with Crippen LogP contribution in [-0.2, 0) is 4.79 Å². The van der Waals surface area contributed by atoms with Crippen LogP contribution in [0.4, 0.5) is 10.2 Å². The summed E-state index contributed by atoms with van der Waals surface area (Å²) in [5.41, 5.74) is 1.54. The number of carbonyl (C=O) groups is 1. The van der Waals surface area contributed by atoms with Gasteiger partial charge in [-0.3, -0.25) is 9.78 Å². The van der Waals surface area contributed by atoms with E-state index in [-0.39, 0.29) is 23.7 Å². The Morgan fingerprint density at radius 3 is 2.96 bits per heavy atom. The molecule has 2 aromatic heterocycles. The lowest BCUT2D eigenvalue weighted by Gasteiger charge is -2.25. The first-order chi connectivity index (χ1) is 12.6. The van der Waals surface area contributed by atoms with Crippen LogP contribution < -0.4 is 5.32 Å². The lowest BCUT2D eigenvalue weighted by molar-refractivity contribution is -0.127. The monoisotopic (exact) mass is 351 g/mol. The van der Waals surface area contributed by atoms with Crippen LogP contribution in [0.5, 0.6) is 0 Å². The fourth-order valence-corrected chi connectivity index (χ4v) is 3.61. The van der Waals surface area contributed by atoms with E-state index in [0.29, 0.717) is 29.7 Å². The van der Waals surface area contributed by atoms with E-state index in [1.54, 1.807) is 36.5 Å². The number of carbonyl (C=O) groups excluding carboxylic acids is 1. The van der Waals surface area contributed by atoms with Crippen molar-refractivity contribution < 1.29 is 9.18 Å². The quantitative estimate of drug-likeness (QED) is 0.783. The van der Waals surface area contributed by atoms with Gasteiger partial charge in [-0.25, -0.2) is 14.4 Å². The summed E-state index contributed by atoms with van der Waals surface area (Å²) in [6.07, 6.45) is 5.33. The minimum Gasteiger partial charge on any atom is -0.369 e. The Labute approximate surface area is 150 Å². The van der Waals surface area contributed by atoms with E-state index in [9.17, 15) is 9.18 Å². The third-order valence-corrected chi connectivity index (χ3v) is 4.86. The van der Waals surface area contributed by atoms with Gasteiger partial charge in [-0.1, -0.05) is 12.1 Å². The van der Waals surface area contributed by atoms with Crippen LogP contribution in [0, 0.1) is 11.7 Å². The van der Waals surface area contributed by atoms with Crippen LogP contribution in [0.25, 0.3) is 10.9 Å². The van der Waals surface area contributed by atoms with Gasteiger partial charge < -0.3 is 10.2 Å². The summed E-state index contributed by atoms with van der Waals surface area (Å²) in [5, 5.41) is 3.59. The number of rotatable bonds is 4. The van der Waals surface area contributed by atoms with Crippen molar-refractivity contribution in [1.29, 1.82) is 0 Å². The molecule has 1 saturated heterocycles. The molecule has 1 N–H and O–H groups in total. The number of amides is 1. The van der Waals surface area contributed by atoms with Crippen LogP contribution in [0.2, 0.25) is 0 Å². The average Bonchev–Trinajstić information content (AvgIpc) is 2.95. The number of nitrogens with one attached hydrogen (secondary N) is 1. The molecule has 1 aromatic carbocycles. The average molecular weight is 351 g/mol. The van der Waals surface area contributed by atoms with Crippen molar-refractivity contribution in [1.82, 2.24) is 19.9 Å². The van der Waals surface area contributed by atoms with Crippen molar-refractivity contribution in [3.05, 3.63) is 60.4 Å². The first-order valence-corrected chi connectivity index (χ1v) is 8.44. The summed E-state index contributed by atoms with van der Waals surface area (Å²) in [6.45, 7) is 0.496. The summed E-state index contributed by atoms with van der Waals surface area (Å²) in [4.78, 5) is 26.5. The van der Waals surface area contributed by atoms with Gasteiger partial charge in [0.15, 0.2) is 0 Å². The van der Waals surface area contributed by atoms with Gasteiger partial charge in [-0.05, 0) is 23.8 Å². The van der Waals surface area contributed by atoms with E-state index in [1.165, 1.54) is 12.4 Å². The molecule has 1 aliphatic heterocycles. The van der Waals surface area contributed by atoms with E-state index in [4.69, 9.17) is 0 Å². The first-order valence-electron chi connectivity index (χ1n) is 8.44.